The van der Waals surface area contributed by atoms with Crippen LogP contribution < -0.4 is 5.11 Å². The van der Waals surface area contributed by atoms with Gasteiger partial charge in [0.1, 0.15) is 12.1 Å². The number of carbonyl (C=O) groups is 1. The molecule has 1 atom stereocenters. The first kappa shape index (κ1) is 28.4. The zero-order valence-corrected chi connectivity index (χ0v) is 20.1. The Bertz CT molecular complexity index is 392. The molecule has 4 nitrogen and oxygen atoms in total. The summed E-state index contributed by atoms with van der Waals surface area (Å²) in [5.41, 5.74) is -1.15. The second-order valence-electron chi connectivity index (χ2n) is 10.3. The van der Waals surface area contributed by atoms with Gasteiger partial charge >= 0.3 is 0 Å². The van der Waals surface area contributed by atoms with E-state index in [9.17, 15) is 15.0 Å². The topological polar surface area (TPSA) is 60.4 Å². The average Bonchev–Trinajstić information content (AvgIpc) is 2.59. The quantitative estimate of drug-likeness (QED) is 0.207. The minimum absolute atomic E-state index is 0.263. The van der Waals surface area contributed by atoms with Gasteiger partial charge in [0.2, 0.25) is 0 Å². The molecule has 0 aromatic carbocycles. The van der Waals surface area contributed by atoms with Gasteiger partial charge in [0.15, 0.2) is 0 Å². The minimum Gasteiger partial charge on any atom is -0.550 e. The molecule has 0 rings (SSSR count). The van der Waals surface area contributed by atoms with Crippen LogP contribution in [0.2, 0.25) is 0 Å². The third kappa shape index (κ3) is 20.4. The van der Waals surface area contributed by atoms with Gasteiger partial charge in [-0.15, -0.1) is 0 Å². The molecule has 0 aromatic heterocycles. The summed E-state index contributed by atoms with van der Waals surface area (Å²) in [6.45, 7) is 2.72. The Hall–Kier alpha value is -0.610. The van der Waals surface area contributed by atoms with E-state index in [1.807, 2.05) is 21.1 Å². The standard InChI is InChI=1S/C25H51NO3/c1-5-6-7-8-9-10-11-12-13-14-15-16-17-18-19-20-21-25(29,22-24(27)28)23-26(2,3)4/h29H,5-23H2,1-4H3. The summed E-state index contributed by atoms with van der Waals surface area (Å²) in [5, 5.41) is 21.7. The zero-order valence-electron chi connectivity index (χ0n) is 20.1. The van der Waals surface area contributed by atoms with E-state index >= 15 is 0 Å². The molecule has 0 spiro atoms. The summed E-state index contributed by atoms with van der Waals surface area (Å²) in [7, 11) is 5.94. The number of aliphatic hydroxyl groups is 1. The van der Waals surface area contributed by atoms with Gasteiger partial charge in [0, 0.05) is 12.4 Å². The Morgan fingerprint density at radius 1 is 0.724 bits per heavy atom. The molecule has 0 saturated heterocycles. The highest BCUT2D eigenvalue weighted by molar-refractivity contribution is 5.65. The van der Waals surface area contributed by atoms with Crippen molar-refractivity contribution in [3.63, 3.8) is 0 Å². The summed E-state index contributed by atoms with van der Waals surface area (Å²) in [4.78, 5) is 11.0. The molecule has 0 radical (unpaired) electrons. The van der Waals surface area contributed by atoms with Crippen molar-refractivity contribution in [3.8, 4) is 0 Å². The molecule has 0 amide bonds. The van der Waals surface area contributed by atoms with E-state index in [0.717, 1.165) is 12.8 Å². The van der Waals surface area contributed by atoms with Gasteiger partial charge in [-0.05, 0) is 6.42 Å². The largest absolute Gasteiger partial charge is 0.550 e. The summed E-state index contributed by atoms with van der Waals surface area (Å²) >= 11 is 0. The third-order valence-electron chi connectivity index (χ3n) is 5.74. The van der Waals surface area contributed by atoms with E-state index in [1.165, 1.54) is 89.9 Å². The van der Waals surface area contributed by atoms with Crippen molar-refractivity contribution in [1.29, 1.82) is 0 Å². The van der Waals surface area contributed by atoms with Crippen molar-refractivity contribution in [2.24, 2.45) is 0 Å². The van der Waals surface area contributed by atoms with Crippen molar-refractivity contribution in [3.05, 3.63) is 0 Å². The van der Waals surface area contributed by atoms with Gasteiger partial charge < -0.3 is 19.5 Å². The van der Waals surface area contributed by atoms with Crippen LogP contribution in [0, 0.1) is 0 Å². The predicted molar refractivity (Wildman–Crippen MR) is 122 cm³/mol. The molecule has 0 aliphatic carbocycles. The van der Waals surface area contributed by atoms with E-state index < -0.39 is 11.6 Å². The van der Waals surface area contributed by atoms with E-state index in [1.54, 1.807) is 0 Å². The fourth-order valence-electron chi connectivity index (χ4n) is 4.38. The van der Waals surface area contributed by atoms with Crippen LogP contribution >= 0.6 is 0 Å². The van der Waals surface area contributed by atoms with Gasteiger partial charge in [-0.2, -0.15) is 0 Å². The van der Waals surface area contributed by atoms with Crippen LogP contribution in [0.25, 0.3) is 0 Å². The number of aliphatic carboxylic acids is 1. The minimum atomic E-state index is -1.16. The van der Waals surface area contributed by atoms with Crippen molar-refractivity contribution in [2.75, 3.05) is 27.7 Å². The van der Waals surface area contributed by atoms with Crippen LogP contribution in [0.1, 0.15) is 122 Å². The highest BCUT2D eigenvalue weighted by Gasteiger charge is 2.33. The highest BCUT2D eigenvalue weighted by Crippen LogP contribution is 2.22. The first-order valence-electron chi connectivity index (χ1n) is 12.4. The Labute approximate surface area is 181 Å². The van der Waals surface area contributed by atoms with Crippen LogP contribution in [0.5, 0.6) is 0 Å². The van der Waals surface area contributed by atoms with Crippen molar-refractivity contribution in [1.82, 2.24) is 0 Å². The molecule has 0 aromatic rings. The van der Waals surface area contributed by atoms with Crippen molar-refractivity contribution < 1.29 is 19.5 Å². The van der Waals surface area contributed by atoms with Gasteiger partial charge in [-0.25, -0.2) is 0 Å². The Kier molecular flexibility index (Phi) is 16.7. The maximum atomic E-state index is 11.0. The Morgan fingerprint density at radius 2 is 1.07 bits per heavy atom. The maximum Gasteiger partial charge on any atom is 0.119 e. The van der Waals surface area contributed by atoms with Gasteiger partial charge in [0.25, 0.3) is 0 Å². The van der Waals surface area contributed by atoms with E-state index in [0.29, 0.717) is 17.4 Å². The number of carbonyl (C=O) groups excluding carboxylic acids is 1. The molecule has 29 heavy (non-hydrogen) atoms. The molecule has 0 saturated carbocycles. The lowest BCUT2D eigenvalue weighted by Gasteiger charge is -2.36. The van der Waals surface area contributed by atoms with Gasteiger partial charge in [-0.3, -0.25) is 0 Å². The average molecular weight is 414 g/mol. The second kappa shape index (κ2) is 17.1. The summed E-state index contributed by atoms with van der Waals surface area (Å²) in [6, 6.07) is 0. The van der Waals surface area contributed by atoms with Crippen molar-refractivity contribution >= 4 is 5.97 Å². The normalized spacial score (nSPS) is 14.1. The summed E-state index contributed by atoms with van der Waals surface area (Å²) in [5.74, 6) is -1.16. The molecule has 0 fully saturated rings. The molecule has 1 N–H and O–H groups in total. The number of hydrogen-bond donors (Lipinski definition) is 1. The predicted octanol–water partition coefficient (Wildman–Crippen LogP) is 5.22. The maximum absolute atomic E-state index is 11.0. The number of nitrogens with zero attached hydrogens (tertiary/aromatic N) is 1. The first-order valence-corrected chi connectivity index (χ1v) is 12.4. The Balaban J connectivity index is 3.56. The zero-order chi connectivity index (χ0) is 22.0. The number of likely N-dealkylation sites (N-methyl/N-ethyl adjacent to an activating group) is 1. The molecule has 4 heteroatoms. The van der Waals surface area contributed by atoms with Crippen LogP contribution in [0.15, 0.2) is 0 Å². The molecule has 174 valence electrons. The number of carboxylic acid groups (broad SMARTS) is 1. The van der Waals surface area contributed by atoms with Crippen LogP contribution in [-0.2, 0) is 4.79 Å². The molecular formula is C25H51NO3. The van der Waals surface area contributed by atoms with Gasteiger partial charge in [-0.1, -0.05) is 110 Å². The van der Waals surface area contributed by atoms with E-state index in [-0.39, 0.29) is 6.42 Å². The summed E-state index contributed by atoms with van der Waals surface area (Å²) in [6.07, 6.45) is 21.3. The SMILES string of the molecule is CCCCCCCCCCCCCCCCCCC(O)(CC(=O)[O-])C[N+](C)(C)C. The lowest BCUT2D eigenvalue weighted by Crippen LogP contribution is -2.51. The number of carboxylic acids is 1. The number of rotatable bonds is 21. The molecule has 0 aliphatic rings. The lowest BCUT2D eigenvalue weighted by atomic mass is 9.91. The van der Waals surface area contributed by atoms with Crippen LogP contribution in [0.4, 0.5) is 0 Å². The second-order valence-corrected chi connectivity index (χ2v) is 10.3. The fourth-order valence-corrected chi connectivity index (χ4v) is 4.38. The van der Waals surface area contributed by atoms with Crippen molar-refractivity contribution in [2.45, 2.75) is 128 Å². The molecule has 1 unspecified atom stereocenters. The smallest absolute Gasteiger partial charge is 0.119 e. The first-order chi connectivity index (χ1) is 13.7. The number of unbranched alkanes of at least 4 members (excludes halogenated alkanes) is 15. The molecule has 0 aliphatic heterocycles. The van der Waals surface area contributed by atoms with Crippen LogP contribution in [-0.4, -0.2) is 48.8 Å². The highest BCUT2D eigenvalue weighted by atomic mass is 16.4. The number of hydrogen-bond acceptors (Lipinski definition) is 3. The fraction of sp³-hybridized carbons (Fsp3) is 0.960. The summed E-state index contributed by atoms with van der Waals surface area (Å²) < 4.78 is 0.558. The van der Waals surface area contributed by atoms with Gasteiger partial charge in [0.05, 0.1) is 21.1 Å². The van der Waals surface area contributed by atoms with E-state index in [2.05, 4.69) is 6.92 Å². The lowest BCUT2D eigenvalue weighted by molar-refractivity contribution is -0.877. The number of quaternary nitrogens is 1. The molecule has 0 bridgehead atoms. The third-order valence-corrected chi connectivity index (χ3v) is 5.74. The molecular weight excluding hydrogens is 362 g/mol. The Morgan fingerprint density at radius 3 is 1.38 bits per heavy atom. The monoisotopic (exact) mass is 413 g/mol. The molecule has 0 heterocycles. The van der Waals surface area contributed by atoms with Crippen LogP contribution in [0.3, 0.4) is 0 Å². The van der Waals surface area contributed by atoms with E-state index in [4.69, 9.17) is 0 Å².